The lowest BCUT2D eigenvalue weighted by molar-refractivity contribution is 0.0734. The Morgan fingerprint density at radius 2 is 2.17 bits per heavy atom. The van der Waals surface area contributed by atoms with Crippen molar-refractivity contribution in [2.45, 2.75) is 27.2 Å². The highest BCUT2D eigenvalue weighted by atomic mass is 16.2. The van der Waals surface area contributed by atoms with Crippen molar-refractivity contribution in [3.8, 4) is 0 Å². The molecule has 1 aromatic heterocycles. The molecule has 0 radical (unpaired) electrons. The van der Waals surface area contributed by atoms with Crippen LogP contribution < -0.4 is 5.73 Å². The summed E-state index contributed by atoms with van der Waals surface area (Å²) in [5, 5.41) is 0. The van der Waals surface area contributed by atoms with Gasteiger partial charge in [-0.3, -0.25) is 9.78 Å². The fourth-order valence-corrected chi connectivity index (χ4v) is 1.78. The van der Waals surface area contributed by atoms with Crippen LogP contribution in [-0.4, -0.2) is 35.4 Å². The number of carbonyl (C=O) groups is 1. The summed E-state index contributed by atoms with van der Waals surface area (Å²) in [6, 6.07) is 3.70. The zero-order chi connectivity index (χ0) is 13.5. The minimum absolute atomic E-state index is 0.0460. The van der Waals surface area contributed by atoms with Crippen molar-refractivity contribution in [1.82, 2.24) is 9.88 Å². The van der Waals surface area contributed by atoms with E-state index in [0.717, 1.165) is 18.7 Å². The Labute approximate surface area is 109 Å². The maximum absolute atomic E-state index is 12.3. The van der Waals surface area contributed by atoms with Gasteiger partial charge in [0.25, 0.3) is 5.91 Å². The molecule has 0 unspecified atom stereocenters. The Morgan fingerprint density at radius 3 is 2.67 bits per heavy atom. The maximum atomic E-state index is 12.3. The zero-order valence-corrected chi connectivity index (χ0v) is 11.5. The first kappa shape index (κ1) is 14.6. The largest absolute Gasteiger partial charge is 0.338 e. The lowest BCUT2D eigenvalue weighted by Crippen LogP contribution is -2.36. The molecule has 0 saturated carbocycles. The average molecular weight is 249 g/mol. The molecule has 100 valence electrons. The molecule has 0 aliphatic carbocycles. The highest BCUT2D eigenvalue weighted by molar-refractivity contribution is 5.93. The molecule has 0 saturated heterocycles. The minimum atomic E-state index is 0.0460. The van der Waals surface area contributed by atoms with Crippen LogP contribution in [0.3, 0.4) is 0 Å². The van der Waals surface area contributed by atoms with E-state index in [1.54, 1.807) is 6.20 Å². The van der Waals surface area contributed by atoms with Crippen LogP contribution in [0.15, 0.2) is 18.3 Å². The highest BCUT2D eigenvalue weighted by Crippen LogP contribution is 2.08. The van der Waals surface area contributed by atoms with Gasteiger partial charge < -0.3 is 10.6 Å². The molecule has 1 aromatic rings. The molecule has 18 heavy (non-hydrogen) atoms. The third-order valence-corrected chi connectivity index (χ3v) is 2.66. The monoisotopic (exact) mass is 249 g/mol. The van der Waals surface area contributed by atoms with Crippen LogP contribution in [0, 0.1) is 12.8 Å². The van der Waals surface area contributed by atoms with E-state index in [-0.39, 0.29) is 5.91 Å². The normalized spacial score (nSPS) is 10.7. The van der Waals surface area contributed by atoms with Gasteiger partial charge in [0.1, 0.15) is 0 Å². The lowest BCUT2D eigenvalue weighted by Gasteiger charge is -2.24. The third-order valence-electron chi connectivity index (χ3n) is 2.66. The van der Waals surface area contributed by atoms with Gasteiger partial charge in [0.15, 0.2) is 0 Å². The second-order valence-electron chi connectivity index (χ2n) is 4.98. The number of pyridine rings is 1. The van der Waals surface area contributed by atoms with E-state index in [4.69, 9.17) is 5.73 Å². The van der Waals surface area contributed by atoms with Crippen molar-refractivity contribution in [2.24, 2.45) is 11.7 Å². The summed E-state index contributed by atoms with van der Waals surface area (Å²) in [5.74, 6) is 0.495. The molecule has 0 aromatic carbocycles. The van der Waals surface area contributed by atoms with Gasteiger partial charge in [-0.15, -0.1) is 0 Å². The lowest BCUT2D eigenvalue weighted by atomic mass is 10.1. The van der Waals surface area contributed by atoms with Crippen LogP contribution in [0.5, 0.6) is 0 Å². The Bertz CT molecular complexity index is 373. The summed E-state index contributed by atoms with van der Waals surface area (Å²) in [4.78, 5) is 18.4. The summed E-state index contributed by atoms with van der Waals surface area (Å²) in [6.45, 7) is 8.20. The van der Waals surface area contributed by atoms with Crippen molar-refractivity contribution >= 4 is 5.91 Å². The van der Waals surface area contributed by atoms with Crippen molar-refractivity contribution in [3.63, 3.8) is 0 Å². The SMILES string of the molecule is Cc1ccc(C(=O)N(CCCN)CC(C)C)cn1. The van der Waals surface area contributed by atoms with Gasteiger partial charge in [0.2, 0.25) is 0 Å². The number of nitrogens with two attached hydrogens (primary N) is 1. The number of aromatic nitrogens is 1. The molecule has 0 bridgehead atoms. The van der Waals surface area contributed by atoms with E-state index in [0.29, 0.717) is 24.6 Å². The predicted molar refractivity (Wildman–Crippen MR) is 73.4 cm³/mol. The second-order valence-corrected chi connectivity index (χ2v) is 4.98. The Balaban J connectivity index is 2.77. The van der Waals surface area contributed by atoms with E-state index < -0.39 is 0 Å². The van der Waals surface area contributed by atoms with Crippen LogP contribution >= 0.6 is 0 Å². The van der Waals surface area contributed by atoms with Crippen LogP contribution in [0.1, 0.15) is 36.3 Å². The molecule has 1 rings (SSSR count). The smallest absolute Gasteiger partial charge is 0.255 e. The molecular weight excluding hydrogens is 226 g/mol. The predicted octanol–water partition coefficient (Wildman–Crippen LogP) is 1.84. The number of nitrogens with zero attached hydrogens (tertiary/aromatic N) is 2. The number of hydrogen-bond donors (Lipinski definition) is 1. The molecular formula is C14H23N3O. The minimum Gasteiger partial charge on any atom is -0.338 e. The van der Waals surface area contributed by atoms with Crippen molar-refractivity contribution in [3.05, 3.63) is 29.6 Å². The fraction of sp³-hybridized carbons (Fsp3) is 0.571. The Kier molecular flexibility index (Phi) is 5.78. The maximum Gasteiger partial charge on any atom is 0.255 e. The highest BCUT2D eigenvalue weighted by Gasteiger charge is 2.16. The van der Waals surface area contributed by atoms with E-state index in [2.05, 4.69) is 18.8 Å². The van der Waals surface area contributed by atoms with Crippen LogP contribution in [0.2, 0.25) is 0 Å². The summed E-state index contributed by atoms with van der Waals surface area (Å²) >= 11 is 0. The molecule has 1 amide bonds. The molecule has 1 heterocycles. The van der Waals surface area contributed by atoms with Crippen molar-refractivity contribution in [2.75, 3.05) is 19.6 Å². The van der Waals surface area contributed by atoms with Crippen LogP contribution in [0.4, 0.5) is 0 Å². The van der Waals surface area contributed by atoms with Gasteiger partial charge in [-0.1, -0.05) is 13.8 Å². The van der Waals surface area contributed by atoms with Gasteiger partial charge in [-0.2, -0.15) is 0 Å². The summed E-state index contributed by atoms with van der Waals surface area (Å²) in [6.07, 6.45) is 2.48. The van der Waals surface area contributed by atoms with E-state index in [9.17, 15) is 4.79 Å². The Hall–Kier alpha value is -1.42. The van der Waals surface area contributed by atoms with Crippen molar-refractivity contribution < 1.29 is 4.79 Å². The first-order valence-electron chi connectivity index (χ1n) is 6.46. The third kappa shape index (κ3) is 4.45. The van der Waals surface area contributed by atoms with Gasteiger partial charge in [-0.05, 0) is 37.9 Å². The topological polar surface area (TPSA) is 59.2 Å². The van der Waals surface area contributed by atoms with E-state index >= 15 is 0 Å². The van der Waals surface area contributed by atoms with Crippen LogP contribution in [-0.2, 0) is 0 Å². The first-order valence-corrected chi connectivity index (χ1v) is 6.46. The van der Waals surface area contributed by atoms with E-state index in [1.807, 2.05) is 24.0 Å². The van der Waals surface area contributed by atoms with Crippen LogP contribution in [0.25, 0.3) is 0 Å². The number of aryl methyl sites for hydroxylation is 1. The Morgan fingerprint density at radius 1 is 1.44 bits per heavy atom. The number of hydrogen-bond acceptors (Lipinski definition) is 3. The van der Waals surface area contributed by atoms with Crippen molar-refractivity contribution in [1.29, 1.82) is 0 Å². The molecule has 0 aliphatic heterocycles. The number of amides is 1. The summed E-state index contributed by atoms with van der Waals surface area (Å²) in [7, 11) is 0. The summed E-state index contributed by atoms with van der Waals surface area (Å²) in [5.41, 5.74) is 7.09. The first-order chi connectivity index (χ1) is 8.54. The van der Waals surface area contributed by atoms with Gasteiger partial charge in [-0.25, -0.2) is 0 Å². The van der Waals surface area contributed by atoms with Gasteiger partial charge >= 0.3 is 0 Å². The molecule has 2 N–H and O–H groups in total. The zero-order valence-electron chi connectivity index (χ0n) is 11.5. The number of rotatable bonds is 6. The average Bonchev–Trinajstić information content (AvgIpc) is 2.34. The molecule has 0 atom stereocenters. The molecule has 0 fully saturated rings. The molecule has 0 aliphatic rings. The standard InChI is InChI=1S/C14H23N3O/c1-11(2)10-17(8-4-7-15)14(18)13-6-5-12(3)16-9-13/h5-6,9,11H,4,7-8,10,15H2,1-3H3. The molecule has 0 spiro atoms. The van der Waals surface area contributed by atoms with Gasteiger partial charge in [0.05, 0.1) is 5.56 Å². The summed E-state index contributed by atoms with van der Waals surface area (Å²) < 4.78 is 0. The van der Waals surface area contributed by atoms with Gasteiger partial charge in [0, 0.05) is 25.0 Å². The number of carbonyl (C=O) groups excluding carboxylic acids is 1. The second kappa shape index (κ2) is 7.11. The molecule has 4 nitrogen and oxygen atoms in total. The quantitative estimate of drug-likeness (QED) is 0.837. The van der Waals surface area contributed by atoms with E-state index in [1.165, 1.54) is 0 Å². The fourth-order valence-electron chi connectivity index (χ4n) is 1.78. The molecule has 4 heteroatoms.